The number of hydrogen-bond acceptors (Lipinski definition) is 4. The van der Waals surface area contributed by atoms with E-state index in [1.807, 2.05) is 6.92 Å². The van der Waals surface area contributed by atoms with E-state index in [4.69, 9.17) is 22.7 Å². The van der Waals surface area contributed by atoms with E-state index in [9.17, 15) is 13.2 Å². The quantitative estimate of drug-likeness (QED) is 0.868. The molecule has 0 radical (unpaired) electrons. The SMILES string of the molecule is Cc1nc(COc2ccc(C(N)=S)cc2C(F)(F)F)cs1. The zero-order valence-electron chi connectivity index (χ0n) is 10.9. The minimum absolute atomic E-state index is 0.0279. The number of benzene rings is 1. The van der Waals surface area contributed by atoms with E-state index >= 15 is 0 Å². The fourth-order valence-electron chi connectivity index (χ4n) is 1.66. The molecule has 2 rings (SSSR count). The lowest BCUT2D eigenvalue weighted by Crippen LogP contribution is -2.14. The summed E-state index contributed by atoms with van der Waals surface area (Å²) in [5.41, 5.74) is 5.19. The Balaban J connectivity index is 2.27. The molecule has 0 saturated heterocycles. The third-order valence-electron chi connectivity index (χ3n) is 2.61. The van der Waals surface area contributed by atoms with Crippen LogP contribution in [0.1, 0.15) is 21.8 Å². The average molecular weight is 332 g/mol. The van der Waals surface area contributed by atoms with Gasteiger partial charge in [0.1, 0.15) is 17.3 Å². The van der Waals surface area contributed by atoms with Crippen LogP contribution < -0.4 is 10.5 Å². The van der Waals surface area contributed by atoms with E-state index in [2.05, 4.69) is 4.98 Å². The van der Waals surface area contributed by atoms with Gasteiger partial charge in [0, 0.05) is 10.9 Å². The summed E-state index contributed by atoms with van der Waals surface area (Å²) in [4.78, 5) is 4.04. The van der Waals surface area contributed by atoms with Crippen molar-refractivity contribution < 1.29 is 17.9 Å². The predicted molar refractivity (Wildman–Crippen MR) is 78.5 cm³/mol. The minimum atomic E-state index is -4.55. The maximum absolute atomic E-state index is 13.0. The molecule has 1 aromatic heterocycles. The van der Waals surface area contributed by atoms with E-state index in [1.54, 1.807) is 5.38 Å². The van der Waals surface area contributed by atoms with Gasteiger partial charge in [-0.15, -0.1) is 11.3 Å². The maximum Gasteiger partial charge on any atom is 0.419 e. The van der Waals surface area contributed by atoms with Crippen molar-refractivity contribution in [1.29, 1.82) is 0 Å². The van der Waals surface area contributed by atoms with Crippen LogP contribution in [0.2, 0.25) is 0 Å². The molecule has 0 aliphatic carbocycles. The first-order valence-corrected chi connectivity index (χ1v) is 7.11. The number of thiazole rings is 1. The number of nitrogens with two attached hydrogens (primary N) is 1. The summed E-state index contributed by atoms with van der Waals surface area (Å²) in [6, 6.07) is 3.51. The molecule has 8 heteroatoms. The molecule has 0 fully saturated rings. The van der Waals surface area contributed by atoms with Crippen LogP contribution >= 0.6 is 23.6 Å². The number of ether oxygens (including phenoxy) is 1. The summed E-state index contributed by atoms with van der Waals surface area (Å²) in [7, 11) is 0. The molecule has 0 spiro atoms. The Kier molecular flexibility index (Phi) is 4.48. The Morgan fingerprint density at radius 3 is 2.67 bits per heavy atom. The van der Waals surface area contributed by atoms with Gasteiger partial charge >= 0.3 is 6.18 Å². The van der Waals surface area contributed by atoms with Crippen molar-refractivity contribution >= 4 is 28.5 Å². The summed E-state index contributed by atoms with van der Waals surface area (Å²) in [6.07, 6.45) is -4.55. The van der Waals surface area contributed by atoms with Crippen molar-refractivity contribution in [3.63, 3.8) is 0 Å². The van der Waals surface area contributed by atoms with Crippen LogP contribution in [0.15, 0.2) is 23.6 Å². The summed E-state index contributed by atoms with van der Waals surface area (Å²) in [5.74, 6) is -0.270. The highest BCUT2D eigenvalue weighted by Gasteiger charge is 2.35. The van der Waals surface area contributed by atoms with Gasteiger partial charge in [-0.1, -0.05) is 12.2 Å². The van der Waals surface area contributed by atoms with Crippen LogP contribution in [0.5, 0.6) is 5.75 Å². The number of aromatic nitrogens is 1. The average Bonchev–Trinajstić information content (AvgIpc) is 2.81. The van der Waals surface area contributed by atoms with Gasteiger partial charge in [-0.2, -0.15) is 13.2 Å². The number of thiocarbonyl (C=S) groups is 1. The van der Waals surface area contributed by atoms with Gasteiger partial charge in [0.2, 0.25) is 0 Å². The largest absolute Gasteiger partial charge is 0.487 e. The molecule has 0 atom stereocenters. The third kappa shape index (κ3) is 3.92. The molecule has 1 heterocycles. The first-order chi connectivity index (χ1) is 9.77. The Morgan fingerprint density at radius 1 is 1.43 bits per heavy atom. The standard InChI is InChI=1S/C13H11F3N2OS2/c1-7-18-9(6-21-7)5-19-11-3-2-8(12(17)20)4-10(11)13(14,15)16/h2-4,6H,5H2,1H3,(H2,17,20). The highest BCUT2D eigenvalue weighted by atomic mass is 32.1. The van der Waals surface area contributed by atoms with Crippen molar-refractivity contribution in [2.75, 3.05) is 0 Å². The molecule has 21 heavy (non-hydrogen) atoms. The molecule has 2 aromatic rings. The lowest BCUT2D eigenvalue weighted by atomic mass is 10.1. The molecule has 0 amide bonds. The predicted octanol–water partition coefficient (Wildman–Crippen LogP) is 3.68. The fourth-order valence-corrected chi connectivity index (χ4v) is 2.38. The van der Waals surface area contributed by atoms with Crippen LogP contribution in [0.3, 0.4) is 0 Å². The van der Waals surface area contributed by atoms with E-state index in [1.165, 1.54) is 23.5 Å². The lowest BCUT2D eigenvalue weighted by molar-refractivity contribution is -0.139. The number of nitrogens with zero attached hydrogens (tertiary/aromatic N) is 1. The smallest absolute Gasteiger partial charge is 0.419 e. The Labute approximate surface area is 128 Å². The Bertz CT molecular complexity index is 668. The van der Waals surface area contributed by atoms with Crippen molar-refractivity contribution in [2.24, 2.45) is 5.73 Å². The number of rotatable bonds is 4. The highest BCUT2D eigenvalue weighted by Crippen LogP contribution is 2.37. The van der Waals surface area contributed by atoms with Crippen molar-refractivity contribution in [3.8, 4) is 5.75 Å². The van der Waals surface area contributed by atoms with Gasteiger partial charge in [0.05, 0.1) is 16.3 Å². The molecule has 0 bridgehead atoms. The Morgan fingerprint density at radius 2 is 2.14 bits per heavy atom. The topological polar surface area (TPSA) is 48.1 Å². The zero-order valence-corrected chi connectivity index (χ0v) is 12.5. The minimum Gasteiger partial charge on any atom is -0.487 e. The molecule has 0 aliphatic heterocycles. The second-order valence-corrected chi connectivity index (χ2v) is 5.72. The van der Waals surface area contributed by atoms with Crippen LogP contribution in [0.4, 0.5) is 13.2 Å². The third-order valence-corrected chi connectivity index (χ3v) is 3.67. The van der Waals surface area contributed by atoms with Gasteiger partial charge in [-0.05, 0) is 25.1 Å². The van der Waals surface area contributed by atoms with E-state index in [-0.39, 0.29) is 22.9 Å². The van der Waals surface area contributed by atoms with Gasteiger partial charge in [-0.25, -0.2) is 4.98 Å². The fraction of sp³-hybridized carbons (Fsp3) is 0.231. The van der Waals surface area contributed by atoms with E-state index < -0.39 is 11.7 Å². The summed E-state index contributed by atoms with van der Waals surface area (Å²) in [6.45, 7) is 1.78. The molecular formula is C13H11F3N2OS2. The van der Waals surface area contributed by atoms with Crippen LogP contribution in [-0.2, 0) is 12.8 Å². The van der Waals surface area contributed by atoms with Gasteiger partial charge < -0.3 is 10.5 Å². The number of halogens is 3. The summed E-state index contributed by atoms with van der Waals surface area (Å²) in [5, 5.41) is 2.57. The lowest BCUT2D eigenvalue weighted by Gasteiger charge is -2.14. The molecular weight excluding hydrogens is 321 g/mol. The van der Waals surface area contributed by atoms with E-state index in [0.29, 0.717) is 5.69 Å². The normalized spacial score (nSPS) is 11.4. The van der Waals surface area contributed by atoms with Gasteiger partial charge in [0.25, 0.3) is 0 Å². The Hall–Kier alpha value is -1.67. The number of aryl methyl sites for hydroxylation is 1. The van der Waals surface area contributed by atoms with E-state index in [0.717, 1.165) is 11.1 Å². The summed E-state index contributed by atoms with van der Waals surface area (Å²) < 4.78 is 44.4. The molecule has 0 saturated carbocycles. The molecule has 1 aromatic carbocycles. The van der Waals surface area contributed by atoms with Crippen molar-refractivity contribution in [2.45, 2.75) is 19.7 Å². The second-order valence-electron chi connectivity index (χ2n) is 4.22. The molecule has 2 N–H and O–H groups in total. The van der Waals surface area contributed by atoms with Gasteiger partial charge in [0.15, 0.2) is 0 Å². The van der Waals surface area contributed by atoms with Gasteiger partial charge in [-0.3, -0.25) is 0 Å². The molecule has 3 nitrogen and oxygen atoms in total. The number of alkyl halides is 3. The van der Waals surface area contributed by atoms with Crippen molar-refractivity contribution in [1.82, 2.24) is 4.98 Å². The maximum atomic E-state index is 13.0. The van der Waals surface area contributed by atoms with Crippen LogP contribution in [-0.4, -0.2) is 9.97 Å². The molecule has 0 aliphatic rings. The summed E-state index contributed by atoms with van der Waals surface area (Å²) >= 11 is 6.10. The highest BCUT2D eigenvalue weighted by molar-refractivity contribution is 7.80. The van der Waals surface area contributed by atoms with Crippen LogP contribution in [0, 0.1) is 6.92 Å². The first kappa shape index (κ1) is 15.7. The monoisotopic (exact) mass is 332 g/mol. The second kappa shape index (κ2) is 5.98. The molecule has 112 valence electrons. The van der Waals surface area contributed by atoms with Crippen LogP contribution in [0.25, 0.3) is 0 Å². The molecule has 0 unspecified atom stereocenters. The zero-order chi connectivity index (χ0) is 15.6. The van der Waals surface area contributed by atoms with Crippen molar-refractivity contribution in [3.05, 3.63) is 45.4 Å². The number of hydrogen-bond donors (Lipinski definition) is 1. The first-order valence-electron chi connectivity index (χ1n) is 5.82.